The maximum Gasteiger partial charge on any atom is 0.417 e. The van der Waals surface area contributed by atoms with Gasteiger partial charge in [0, 0.05) is 22.4 Å². The van der Waals surface area contributed by atoms with Crippen molar-refractivity contribution in [2.45, 2.75) is 52.0 Å². The molecule has 3 atom stereocenters. The Labute approximate surface area is 166 Å². The van der Waals surface area contributed by atoms with Crippen molar-refractivity contribution >= 4 is 29.3 Å². The van der Waals surface area contributed by atoms with E-state index in [4.69, 9.17) is 14.2 Å². The van der Waals surface area contributed by atoms with E-state index in [0.29, 0.717) is 17.6 Å². The molecule has 8 heteroatoms. The minimum atomic E-state index is -0.864. The summed E-state index contributed by atoms with van der Waals surface area (Å²) in [5, 5.41) is 1.96. The molecule has 0 saturated carbocycles. The molecule has 4 rings (SSSR count). The van der Waals surface area contributed by atoms with Gasteiger partial charge in [-0.1, -0.05) is 0 Å². The summed E-state index contributed by atoms with van der Waals surface area (Å²) in [5.41, 5.74) is 1.10. The summed E-state index contributed by atoms with van der Waals surface area (Å²) in [7, 11) is 0. The first-order valence-corrected chi connectivity index (χ1v) is 9.91. The number of hydrogen-bond donors (Lipinski definition) is 0. The van der Waals surface area contributed by atoms with E-state index in [1.165, 1.54) is 11.2 Å². The highest BCUT2D eigenvalue weighted by Crippen LogP contribution is 2.51. The lowest BCUT2D eigenvalue weighted by molar-refractivity contribution is -0.152. The first-order valence-electron chi connectivity index (χ1n) is 9.03. The smallest absolute Gasteiger partial charge is 0.417 e. The molecular formula is C20H21NO6S. The minimum absolute atomic E-state index is 0.204. The average Bonchev–Trinajstić information content (AvgIpc) is 3.28. The largest absolute Gasteiger partial charge is 0.458 e. The molecule has 7 nitrogen and oxygen atoms in total. The van der Waals surface area contributed by atoms with Gasteiger partial charge in [-0.05, 0) is 51.1 Å². The van der Waals surface area contributed by atoms with Crippen LogP contribution in [0.25, 0.3) is 0 Å². The monoisotopic (exact) mass is 403 g/mol. The quantitative estimate of drug-likeness (QED) is 0.427. The minimum Gasteiger partial charge on any atom is -0.458 e. The van der Waals surface area contributed by atoms with E-state index in [0.717, 1.165) is 10.4 Å². The third-order valence-corrected chi connectivity index (χ3v) is 5.84. The molecule has 28 heavy (non-hydrogen) atoms. The van der Waals surface area contributed by atoms with Crippen LogP contribution in [0.3, 0.4) is 0 Å². The van der Waals surface area contributed by atoms with Crippen molar-refractivity contribution < 1.29 is 28.6 Å². The van der Waals surface area contributed by atoms with Crippen molar-refractivity contribution in [3.63, 3.8) is 0 Å². The second-order valence-electron chi connectivity index (χ2n) is 8.04. The van der Waals surface area contributed by atoms with Crippen LogP contribution in [-0.2, 0) is 30.2 Å². The van der Waals surface area contributed by atoms with Crippen molar-refractivity contribution in [1.29, 1.82) is 0 Å². The number of amides is 2. The van der Waals surface area contributed by atoms with E-state index < -0.39 is 35.9 Å². The number of cyclic esters (lactones) is 1. The zero-order valence-electron chi connectivity index (χ0n) is 16.1. The second kappa shape index (κ2) is 6.48. The summed E-state index contributed by atoms with van der Waals surface area (Å²) < 4.78 is 16.1. The Bertz CT molecular complexity index is 921. The number of fused-ring (bicyclic) bond motifs is 3. The van der Waals surface area contributed by atoms with Crippen molar-refractivity contribution in [2.75, 3.05) is 0 Å². The van der Waals surface area contributed by atoms with Crippen LogP contribution in [0.2, 0.25) is 0 Å². The molecule has 3 unspecified atom stereocenters. The number of likely N-dealkylation sites (tertiary alicyclic amines) is 1. The highest BCUT2D eigenvalue weighted by atomic mass is 32.1. The van der Waals surface area contributed by atoms with Crippen LogP contribution >= 0.6 is 11.3 Å². The van der Waals surface area contributed by atoms with Crippen LogP contribution in [-0.4, -0.2) is 34.8 Å². The normalized spacial score (nSPS) is 27.6. The van der Waals surface area contributed by atoms with E-state index >= 15 is 0 Å². The highest BCUT2D eigenvalue weighted by molar-refractivity contribution is 7.10. The van der Waals surface area contributed by atoms with Crippen LogP contribution in [0.1, 0.15) is 44.2 Å². The van der Waals surface area contributed by atoms with Gasteiger partial charge in [0.25, 0.3) is 12.2 Å². The highest BCUT2D eigenvalue weighted by Gasteiger charge is 2.53. The van der Waals surface area contributed by atoms with E-state index in [2.05, 4.69) is 0 Å². The SMILES string of the molecule is CC1=CC(O/C=C2/C(=O)N(C(=O)OC(C)(C)C)C3c4ccsc4CC23)OC1=O. The average molecular weight is 403 g/mol. The molecule has 1 aliphatic carbocycles. The lowest BCUT2D eigenvalue weighted by Gasteiger charge is -2.26. The van der Waals surface area contributed by atoms with Crippen LogP contribution in [0.5, 0.6) is 0 Å². The van der Waals surface area contributed by atoms with Crippen molar-refractivity contribution in [1.82, 2.24) is 4.90 Å². The molecule has 0 N–H and O–H groups in total. The van der Waals surface area contributed by atoms with Gasteiger partial charge in [-0.3, -0.25) is 4.79 Å². The summed E-state index contributed by atoms with van der Waals surface area (Å²) in [6, 6.07) is 1.55. The Morgan fingerprint density at radius 3 is 2.75 bits per heavy atom. The number of carbonyl (C=O) groups excluding carboxylic acids is 3. The lowest BCUT2D eigenvalue weighted by Crippen LogP contribution is -2.39. The van der Waals surface area contributed by atoms with Crippen LogP contribution in [0.4, 0.5) is 4.79 Å². The molecule has 1 saturated heterocycles. The number of thiophene rings is 1. The lowest BCUT2D eigenvalue weighted by atomic mass is 9.97. The fourth-order valence-electron chi connectivity index (χ4n) is 3.69. The second-order valence-corrected chi connectivity index (χ2v) is 9.04. The molecule has 1 aromatic heterocycles. The van der Waals surface area contributed by atoms with Crippen molar-refractivity contribution in [3.05, 3.63) is 45.4 Å². The predicted octanol–water partition coefficient (Wildman–Crippen LogP) is 3.47. The number of hydrogen-bond acceptors (Lipinski definition) is 7. The summed E-state index contributed by atoms with van der Waals surface area (Å²) >= 11 is 1.61. The number of nitrogens with zero attached hydrogens (tertiary/aromatic N) is 1. The van der Waals surface area contributed by atoms with Gasteiger partial charge in [-0.25, -0.2) is 14.5 Å². The Hall–Kier alpha value is -2.61. The van der Waals surface area contributed by atoms with E-state index in [1.807, 2.05) is 11.4 Å². The molecule has 0 aromatic carbocycles. The first kappa shape index (κ1) is 18.7. The van der Waals surface area contributed by atoms with Crippen LogP contribution in [0, 0.1) is 5.92 Å². The van der Waals surface area contributed by atoms with Crippen LogP contribution in [0.15, 0.2) is 34.9 Å². The standard InChI is InChI=1S/C20H21NO6S/c1-10-7-15(26-18(10)23)25-9-13-12-8-14-11(5-6-28-14)16(12)21(17(13)22)19(24)27-20(2,3)4/h5-7,9,12,15-16H,8H2,1-4H3/b13-9+. The molecule has 2 amide bonds. The van der Waals surface area contributed by atoms with Gasteiger partial charge in [0.05, 0.1) is 17.9 Å². The number of ether oxygens (including phenoxy) is 3. The Morgan fingerprint density at radius 1 is 1.36 bits per heavy atom. The zero-order chi connectivity index (χ0) is 20.2. The zero-order valence-corrected chi connectivity index (χ0v) is 16.9. The molecule has 0 spiro atoms. The number of esters is 1. The molecule has 2 aliphatic heterocycles. The van der Waals surface area contributed by atoms with E-state index in [1.54, 1.807) is 45.1 Å². The first-order chi connectivity index (χ1) is 13.2. The van der Waals surface area contributed by atoms with E-state index in [-0.39, 0.29) is 5.92 Å². The van der Waals surface area contributed by atoms with Crippen molar-refractivity contribution in [2.24, 2.45) is 5.92 Å². The fourth-order valence-corrected chi connectivity index (χ4v) is 4.67. The summed E-state index contributed by atoms with van der Waals surface area (Å²) in [4.78, 5) is 39.7. The van der Waals surface area contributed by atoms with Gasteiger partial charge >= 0.3 is 12.1 Å². The summed E-state index contributed by atoms with van der Waals surface area (Å²) in [6.07, 6.45) is 1.99. The molecule has 0 bridgehead atoms. The number of imide groups is 1. The van der Waals surface area contributed by atoms with Crippen LogP contribution < -0.4 is 0 Å². The van der Waals surface area contributed by atoms with Gasteiger partial charge in [-0.15, -0.1) is 11.3 Å². The Kier molecular flexibility index (Phi) is 4.33. The Morgan fingerprint density at radius 2 is 2.11 bits per heavy atom. The maximum atomic E-state index is 13.1. The maximum absolute atomic E-state index is 13.1. The Balaban J connectivity index is 1.63. The molecule has 1 fully saturated rings. The molecule has 1 aromatic rings. The number of rotatable bonds is 2. The third kappa shape index (κ3) is 3.11. The van der Waals surface area contributed by atoms with Gasteiger partial charge < -0.3 is 14.2 Å². The topological polar surface area (TPSA) is 82.1 Å². The molecule has 148 valence electrons. The third-order valence-electron chi connectivity index (χ3n) is 4.88. The van der Waals surface area contributed by atoms with Gasteiger partial charge in [0.1, 0.15) is 5.60 Å². The van der Waals surface area contributed by atoms with E-state index in [9.17, 15) is 14.4 Å². The predicted molar refractivity (Wildman–Crippen MR) is 100 cm³/mol. The summed E-state index contributed by atoms with van der Waals surface area (Å²) in [6.45, 7) is 6.92. The van der Waals surface area contributed by atoms with Crippen molar-refractivity contribution in [3.8, 4) is 0 Å². The summed E-state index contributed by atoms with van der Waals surface area (Å²) in [5.74, 6) is -1.09. The molecule has 0 radical (unpaired) electrons. The van der Waals surface area contributed by atoms with Gasteiger partial charge in [0.15, 0.2) is 0 Å². The number of carbonyl (C=O) groups is 3. The molecular weight excluding hydrogens is 382 g/mol. The van der Waals surface area contributed by atoms with Gasteiger partial charge in [-0.2, -0.15) is 0 Å². The molecule has 3 heterocycles. The molecule has 3 aliphatic rings. The fraction of sp³-hybridized carbons (Fsp3) is 0.450. The van der Waals surface area contributed by atoms with Gasteiger partial charge in [0.2, 0.25) is 0 Å².